The van der Waals surface area contributed by atoms with Crippen LogP contribution >= 0.6 is 0 Å². The van der Waals surface area contributed by atoms with Gasteiger partial charge in [0.2, 0.25) is 11.8 Å². The average Bonchev–Trinajstić information content (AvgIpc) is 3.29. The first kappa shape index (κ1) is 20.5. The van der Waals surface area contributed by atoms with Gasteiger partial charge in [-0.15, -0.1) is 0 Å². The summed E-state index contributed by atoms with van der Waals surface area (Å²) in [5.41, 5.74) is 0.866. The largest absolute Gasteiger partial charge is 0.353 e. The molecule has 30 heavy (non-hydrogen) atoms. The lowest BCUT2D eigenvalue weighted by atomic mass is 10.1. The van der Waals surface area contributed by atoms with Crippen molar-refractivity contribution in [3.8, 4) is 0 Å². The molecule has 8 heteroatoms. The summed E-state index contributed by atoms with van der Waals surface area (Å²) in [5, 5.41) is 10.1. The third kappa shape index (κ3) is 5.89. The van der Waals surface area contributed by atoms with E-state index in [1.165, 1.54) is 12.8 Å². The second-order valence-electron chi connectivity index (χ2n) is 8.33. The fourth-order valence-corrected chi connectivity index (χ4v) is 4.16. The number of rotatable bonds is 10. The van der Waals surface area contributed by atoms with Crippen molar-refractivity contribution in [2.45, 2.75) is 57.3 Å². The highest BCUT2D eigenvalue weighted by Crippen LogP contribution is 2.35. The summed E-state index contributed by atoms with van der Waals surface area (Å²) in [6.45, 7) is 2.35. The number of carbonyl (C=O) groups excluding carboxylic acids is 2. The van der Waals surface area contributed by atoms with Crippen LogP contribution in [0.1, 0.15) is 37.8 Å². The molecular weight excluding hydrogens is 380 g/mol. The van der Waals surface area contributed by atoms with Crippen molar-refractivity contribution in [2.75, 3.05) is 13.1 Å². The summed E-state index contributed by atoms with van der Waals surface area (Å²) in [7, 11) is 0. The lowest BCUT2D eigenvalue weighted by molar-refractivity contribution is -0.123. The standard InChI is InChI=1S/C22H30N6O2/c29-21(24-13-18-4-1-2-9-23-18)12-19-7-8-20(28(19)15-17-5-6-17)14-25-22(30)16-27-11-3-10-26-27/h1-4,9-11,17,19-20H,5-8,12-16H2,(H,24,29)(H,25,30)/t19-,20+/m1/s1. The van der Waals surface area contributed by atoms with Gasteiger partial charge in [0.1, 0.15) is 6.54 Å². The summed E-state index contributed by atoms with van der Waals surface area (Å²) in [6, 6.07) is 8.05. The van der Waals surface area contributed by atoms with Gasteiger partial charge in [-0.2, -0.15) is 5.10 Å². The second-order valence-corrected chi connectivity index (χ2v) is 8.33. The van der Waals surface area contributed by atoms with Gasteiger partial charge in [0, 0.05) is 50.2 Å². The molecule has 1 saturated carbocycles. The Balaban J connectivity index is 1.26. The number of pyridine rings is 1. The minimum atomic E-state index is -0.0263. The zero-order valence-electron chi connectivity index (χ0n) is 17.2. The van der Waals surface area contributed by atoms with E-state index in [2.05, 4.69) is 25.6 Å². The number of carbonyl (C=O) groups is 2. The molecule has 2 N–H and O–H groups in total. The molecule has 2 amide bonds. The topological polar surface area (TPSA) is 92.2 Å². The Morgan fingerprint density at radius 2 is 1.87 bits per heavy atom. The Morgan fingerprint density at radius 1 is 1.00 bits per heavy atom. The number of hydrogen-bond acceptors (Lipinski definition) is 5. The van der Waals surface area contributed by atoms with Crippen LogP contribution in [0.3, 0.4) is 0 Å². The fourth-order valence-electron chi connectivity index (χ4n) is 4.16. The van der Waals surface area contributed by atoms with E-state index in [0.717, 1.165) is 31.0 Å². The number of nitrogens with one attached hydrogen (secondary N) is 2. The van der Waals surface area contributed by atoms with E-state index in [-0.39, 0.29) is 24.4 Å². The van der Waals surface area contributed by atoms with Crippen LogP contribution in [0.25, 0.3) is 0 Å². The van der Waals surface area contributed by atoms with Crippen LogP contribution < -0.4 is 10.6 Å². The molecule has 1 aliphatic carbocycles. The maximum absolute atomic E-state index is 12.5. The van der Waals surface area contributed by atoms with Crippen molar-refractivity contribution in [3.63, 3.8) is 0 Å². The molecule has 2 aromatic rings. The molecule has 2 atom stereocenters. The van der Waals surface area contributed by atoms with Gasteiger partial charge in [-0.25, -0.2) is 0 Å². The highest BCUT2D eigenvalue weighted by Gasteiger charge is 2.37. The van der Waals surface area contributed by atoms with Crippen molar-refractivity contribution in [2.24, 2.45) is 5.92 Å². The van der Waals surface area contributed by atoms with Crippen LogP contribution in [0.2, 0.25) is 0 Å². The number of likely N-dealkylation sites (tertiary alicyclic amines) is 1. The van der Waals surface area contributed by atoms with Gasteiger partial charge in [0.05, 0.1) is 12.2 Å². The molecule has 3 heterocycles. The monoisotopic (exact) mass is 410 g/mol. The molecule has 0 bridgehead atoms. The highest BCUT2D eigenvalue weighted by atomic mass is 16.2. The summed E-state index contributed by atoms with van der Waals surface area (Å²) in [4.78, 5) is 31.5. The van der Waals surface area contributed by atoms with Crippen molar-refractivity contribution in [1.82, 2.24) is 30.3 Å². The molecule has 0 spiro atoms. The van der Waals surface area contributed by atoms with Crippen LogP contribution in [0.15, 0.2) is 42.9 Å². The molecule has 2 aromatic heterocycles. The van der Waals surface area contributed by atoms with E-state index < -0.39 is 0 Å². The minimum Gasteiger partial charge on any atom is -0.353 e. The Morgan fingerprint density at radius 3 is 2.60 bits per heavy atom. The van der Waals surface area contributed by atoms with E-state index in [4.69, 9.17) is 0 Å². The summed E-state index contributed by atoms with van der Waals surface area (Å²) in [5.74, 6) is 0.779. The maximum Gasteiger partial charge on any atom is 0.241 e. The first-order valence-electron chi connectivity index (χ1n) is 10.8. The molecule has 4 rings (SSSR count). The van der Waals surface area contributed by atoms with Crippen LogP contribution in [-0.4, -0.2) is 56.7 Å². The van der Waals surface area contributed by atoms with Gasteiger partial charge in [0.25, 0.3) is 0 Å². The lowest BCUT2D eigenvalue weighted by Crippen LogP contribution is -2.46. The van der Waals surface area contributed by atoms with Gasteiger partial charge in [-0.3, -0.25) is 24.2 Å². The number of hydrogen-bond donors (Lipinski definition) is 2. The van der Waals surface area contributed by atoms with Crippen molar-refractivity contribution in [3.05, 3.63) is 48.5 Å². The van der Waals surface area contributed by atoms with Crippen LogP contribution in [0.4, 0.5) is 0 Å². The van der Waals surface area contributed by atoms with Gasteiger partial charge < -0.3 is 10.6 Å². The molecule has 0 unspecified atom stereocenters. The van der Waals surface area contributed by atoms with Crippen molar-refractivity contribution >= 4 is 11.8 Å². The van der Waals surface area contributed by atoms with Gasteiger partial charge in [-0.1, -0.05) is 6.07 Å². The smallest absolute Gasteiger partial charge is 0.241 e. The predicted octanol–water partition coefficient (Wildman–Crippen LogP) is 1.34. The zero-order chi connectivity index (χ0) is 20.8. The Kier molecular flexibility index (Phi) is 6.74. The van der Waals surface area contributed by atoms with Crippen LogP contribution in [0, 0.1) is 5.92 Å². The maximum atomic E-state index is 12.5. The first-order valence-corrected chi connectivity index (χ1v) is 10.8. The third-order valence-electron chi connectivity index (χ3n) is 5.95. The molecule has 0 aromatic carbocycles. The molecule has 8 nitrogen and oxygen atoms in total. The van der Waals surface area contributed by atoms with Crippen LogP contribution in [-0.2, 0) is 22.7 Å². The normalized spacial score (nSPS) is 21.5. The molecular formula is C22H30N6O2. The number of amides is 2. The quantitative estimate of drug-likeness (QED) is 0.617. The summed E-state index contributed by atoms with van der Waals surface area (Å²) in [6.07, 6.45) is 10.2. The van der Waals surface area contributed by atoms with Gasteiger partial charge in [-0.05, 0) is 49.8 Å². The van der Waals surface area contributed by atoms with Gasteiger partial charge in [0.15, 0.2) is 0 Å². The summed E-state index contributed by atoms with van der Waals surface area (Å²) >= 11 is 0. The van der Waals surface area contributed by atoms with Crippen LogP contribution in [0.5, 0.6) is 0 Å². The molecule has 2 fully saturated rings. The minimum absolute atomic E-state index is 0.0263. The number of aromatic nitrogens is 3. The zero-order valence-corrected chi connectivity index (χ0v) is 17.2. The highest BCUT2D eigenvalue weighted by molar-refractivity contribution is 5.76. The van der Waals surface area contributed by atoms with Crippen molar-refractivity contribution in [1.29, 1.82) is 0 Å². The van der Waals surface area contributed by atoms with Crippen molar-refractivity contribution < 1.29 is 9.59 Å². The van der Waals surface area contributed by atoms with E-state index >= 15 is 0 Å². The van der Waals surface area contributed by atoms with E-state index in [0.29, 0.717) is 25.6 Å². The molecule has 0 radical (unpaired) electrons. The van der Waals surface area contributed by atoms with E-state index in [1.54, 1.807) is 23.3 Å². The third-order valence-corrected chi connectivity index (χ3v) is 5.95. The Labute approximate surface area is 177 Å². The number of nitrogens with zero attached hydrogens (tertiary/aromatic N) is 4. The van der Waals surface area contributed by atoms with E-state index in [1.807, 2.05) is 24.3 Å². The summed E-state index contributed by atoms with van der Waals surface area (Å²) < 4.78 is 1.63. The lowest BCUT2D eigenvalue weighted by Gasteiger charge is -2.30. The molecule has 2 aliphatic rings. The SMILES string of the molecule is O=C(C[C@H]1CC[C@@H](CNC(=O)Cn2cccn2)N1CC1CC1)NCc1ccccn1. The Hall–Kier alpha value is -2.74. The first-order chi connectivity index (χ1) is 14.7. The fraction of sp³-hybridized carbons (Fsp3) is 0.545. The molecule has 1 saturated heterocycles. The van der Waals surface area contributed by atoms with E-state index in [9.17, 15) is 9.59 Å². The molecule has 160 valence electrons. The Bertz CT molecular complexity index is 821. The predicted molar refractivity (Wildman–Crippen MR) is 112 cm³/mol. The molecule has 1 aliphatic heterocycles. The average molecular weight is 411 g/mol. The second kappa shape index (κ2) is 9.84. The van der Waals surface area contributed by atoms with Gasteiger partial charge >= 0.3 is 0 Å².